The maximum atomic E-state index is 12.0. The van der Waals surface area contributed by atoms with Gasteiger partial charge in [-0.2, -0.15) is 11.8 Å². The van der Waals surface area contributed by atoms with Crippen LogP contribution in [0.1, 0.15) is 23.1 Å². The minimum Gasteiger partial charge on any atom is -0.395 e. The summed E-state index contributed by atoms with van der Waals surface area (Å²) in [5, 5.41) is 12.1. The number of aliphatic hydroxyl groups is 1. The molecule has 0 fully saturated rings. The first kappa shape index (κ1) is 14.1. The molecule has 0 radical (unpaired) electrons. The van der Waals surface area contributed by atoms with Gasteiger partial charge in [0, 0.05) is 24.0 Å². The van der Waals surface area contributed by atoms with E-state index in [0.29, 0.717) is 5.69 Å². The molecule has 1 rings (SSSR count). The zero-order chi connectivity index (χ0) is 13.0. The molecule has 4 nitrogen and oxygen atoms in total. The monoisotopic (exact) mass is 256 g/mol. The molecule has 1 aromatic rings. The molecule has 1 amide bonds. The number of hydrogen-bond donors (Lipinski definition) is 2. The van der Waals surface area contributed by atoms with Crippen molar-refractivity contribution < 1.29 is 9.90 Å². The Balaban J connectivity index is 2.69. The summed E-state index contributed by atoms with van der Waals surface area (Å²) in [5.74, 6) is -0.0967. The lowest BCUT2D eigenvalue weighted by atomic mass is 10.2. The number of nitrogens with one attached hydrogen (secondary N) is 1. The number of aliphatic hydroxyl groups excluding tert-OH is 1. The van der Waals surface area contributed by atoms with Crippen molar-refractivity contribution in [3.8, 4) is 0 Å². The van der Waals surface area contributed by atoms with Crippen LogP contribution in [0.25, 0.3) is 0 Å². The van der Waals surface area contributed by atoms with Gasteiger partial charge in [0.15, 0.2) is 0 Å². The largest absolute Gasteiger partial charge is 0.395 e. The molecule has 96 valence electrons. The molecule has 0 aliphatic carbocycles. The Morgan fingerprint density at radius 2 is 2.24 bits per heavy atom. The van der Waals surface area contributed by atoms with Gasteiger partial charge in [0.05, 0.1) is 6.61 Å². The SMILES string of the molecule is CSC(CO)C(C)NC(=O)c1ccc(C)n1C. The third-order valence-corrected chi connectivity index (χ3v) is 4.17. The van der Waals surface area contributed by atoms with Crippen molar-refractivity contribution in [2.24, 2.45) is 7.05 Å². The first-order valence-electron chi connectivity index (χ1n) is 5.58. The second-order valence-corrected chi connectivity index (χ2v) is 5.21. The van der Waals surface area contributed by atoms with Gasteiger partial charge in [-0.25, -0.2) is 0 Å². The van der Waals surface area contributed by atoms with Gasteiger partial charge in [-0.3, -0.25) is 4.79 Å². The van der Waals surface area contributed by atoms with Gasteiger partial charge < -0.3 is 15.0 Å². The number of carbonyl (C=O) groups excluding carboxylic acids is 1. The highest BCUT2D eigenvalue weighted by Crippen LogP contribution is 2.12. The average molecular weight is 256 g/mol. The summed E-state index contributed by atoms with van der Waals surface area (Å²) in [4.78, 5) is 12.0. The number of aromatic nitrogens is 1. The first-order chi connectivity index (χ1) is 8.01. The predicted octanol–water partition coefficient (Wildman–Crippen LogP) is 1.18. The van der Waals surface area contributed by atoms with Gasteiger partial charge in [0.1, 0.15) is 5.69 Å². The molecular weight excluding hydrogens is 236 g/mol. The highest BCUT2D eigenvalue weighted by molar-refractivity contribution is 7.99. The molecule has 2 N–H and O–H groups in total. The van der Waals surface area contributed by atoms with Crippen molar-refractivity contribution >= 4 is 17.7 Å². The van der Waals surface area contributed by atoms with E-state index in [1.165, 1.54) is 0 Å². The Bertz CT molecular complexity index is 386. The Labute approximate surface area is 106 Å². The first-order valence-corrected chi connectivity index (χ1v) is 6.86. The number of carbonyl (C=O) groups is 1. The molecule has 0 aliphatic heterocycles. The molecular formula is C12H20N2O2S. The highest BCUT2D eigenvalue weighted by atomic mass is 32.2. The Hall–Kier alpha value is -0.940. The molecule has 2 atom stereocenters. The fourth-order valence-electron chi connectivity index (χ4n) is 1.65. The van der Waals surface area contributed by atoms with Gasteiger partial charge in [-0.05, 0) is 32.2 Å². The van der Waals surface area contributed by atoms with Crippen LogP contribution >= 0.6 is 11.8 Å². The summed E-state index contributed by atoms with van der Waals surface area (Å²) < 4.78 is 1.86. The summed E-state index contributed by atoms with van der Waals surface area (Å²) in [5.41, 5.74) is 1.69. The molecule has 0 spiro atoms. The molecule has 0 saturated heterocycles. The normalized spacial score (nSPS) is 14.4. The minimum atomic E-state index is -0.0967. The zero-order valence-corrected chi connectivity index (χ0v) is 11.5. The van der Waals surface area contributed by atoms with Crippen molar-refractivity contribution in [3.63, 3.8) is 0 Å². The van der Waals surface area contributed by atoms with E-state index in [9.17, 15) is 4.79 Å². The number of thioether (sulfide) groups is 1. The van der Waals surface area contributed by atoms with E-state index >= 15 is 0 Å². The molecule has 2 unspecified atom stereocenters. The van der Waals surface area contributed by atoms with E-state index in [-0.39, 0.29) is 23.8 Å². The average Bonchev–Trinajstić information content (AvgIpc) is 2.61. The summed E-state index contributed by atoms with van der Waals surface area (Å²) in [7, 11) is 1.87. The third kappa shape index (κ3) is 3.26. The molecule has 1 aromatic heterocycles. The smallest absolute Gasteiger partial charge is 0.268 e. The quantitative estimate of drug-likeness (QED) is 0.831. The van der Waals surface area contributed by atoms with Gasteiger partial charge in [0.2, 0.25) is 0 Å². The molecule has 1 heterocycles. The Morgan fingerprint density at radius 1 is 1.59 bits per heavy atom. The second-order valence-electron chi connectivity index (χ2n) is 4.14. The van der Waals surface area contributed by atoms with Crippen molar-refractivity contribution in [2.75, 3.05) is 12.9 Å². The van der Waals surface area contributed by atoms with Gasteiger partial charge >= 0.3 is 0 Å². The molecule has 0 aromatic carbocycles. The fourth-order valence-corrected chi connectivity index (χ4v) is 2.28. The number of aryl methyl sites for hydroxylation is 1. The topological polar surface area (TPSA) is 54.3 Å². The van der Waals surface area contributed by atoms with Crippen molar-refractivity contribution in [1.82, 2.24) is 9.88 Å². The highest BCUT2D eigenvalue weighted by Gasteiger charge is 2.19. The van der Waals surface area contributed by atoms with E-state index in [2.05, 4.69) is 5.32 Å². The van der Waals surface area contributed by atoms with Gasteiger partial charge in [-0.15, -0.1) is 0 Å². The maximum Gasteiger partial charge on any atom is 0.268 e. The van der Waals surface area contributed by atoms with Crippen LogP contribution in [0.5, 0.6) is 0 Å². The number of amides is 1. The molecule has 5 heteroatoms. The van der Waals surface area contributed by atoms with Gasteiger partial charge in [-0.1, -0.05) is 0 Å². The maximum absolute atomic E-state index is 12.0. The van der Waals surface area contributed by atoms with Crippen molar-refractivity contribution in [2.45, 2.75) is 25.1 Å². The predicted molar refractivity (Wildman–Crippen MR) is 71.5 cm³/mol. The number of hydrogen-bond acceptors (Lipinski definition) is 3. The molecule has 17 heavy (non-hydrogen) atoms. The molecule has 0 bridgehead atoms. The summed E-state index contributed by atoms with van der Waals surface area (Å²) >= 11 is 1.55. The number of nitrogens with zero attached hydrogens (tertiary/aromatic N) is 1. The minimum absolute atomic E-state index is 0.0281. The van der Waals surface area contributed by atoms with Crippen LogP contribution in [0.4, 0.5) is 0 Å². The van der Waals surface area contributed by atoms with E-state index in [1.54, 1.807) is 11.8 Å². The van der Waals surface area contributed by atoms with Crippen LogP contribution in [0.15, 0.2) is 12.1 Å². The van der Waals surface area contributed by atoms with Crippen molar-refractivity contribution in [1.29, 1.82) is 0 Å². The lowest BCUT2D eigenvalue weighted by Gasteiger charge is -2.21. The Kier molecular flexibility index (Phi) is 5.08. The summed E-state index contributed by atoms with van der Waals surface area (Å²) in [6.07, 6.45) is 1.93. The van der Waals surface area contributed by atoms with Crippen LogP contribution in [0.2, 0.25) is 0 Å². The van der Waals surface area contributed by atoms with Gasteiger partial charge in [0.25, 0.3) is 5.91 Å². The summed E-state index contributed by atoms with van der Waals surface area (Å²) in [6, 6.07) is 3.67. The second kappa shape index (κ2) is 6.12. The zero-order valence-electron chi connectivity index (χ0n) is 10.7. The van der Waals surface area contributed by atoms with Crippen LogP contribution in [-0.4, -0.2) is 39.7 Å². The third-order valence-electron chi connectivity index (χ3n) is 3.00. The van der Waals surface area contributed by atoms with E-state index < -0.39 is 0 Å². The van der Waals surface area contributed by atoms with Crippen LogP contribution in [-0.2, 0) is 7.05 Å². The van der Waals surface area contributed by atoms with Crippen LogP contribution in [0.3, 0.4) is 0 Å². The van der Waals surface area contributed by atoms with Crippen LogP contribution in [0, 0.1) is 6.92 Å². The standard InChI is InChI=1S/C12H20N2O2S/c1-8-5-6-10(14(8)3)12(16)13-9(2)11(7-15)17-4/h5-6,9,11,15H,7H2,1-4H3,(H,13,16). The summed E-state index contributed by atoms with van der Waals surface area (Å²) in [6.45, 7) is 3.93. The van der Waals surface area contributed by atoms with Crippen LogP contribution < -0.4 is 5.32 Å². The lowest BCUT2D eigenvalue weighted by Crippen LogP contribution is -2.41. The Morgan fingerprint density at radius 3 is 2.65 bits per heavy atom. The molecule has 0 saturated carbocycles. The fraction of sp³-hybridized carbons (Fsp3) is 0.583. The lowest BCUT2D eigenvalue weighted by molar-refractivity contribution is 0.0927. The van der Waals surface area contributed by atoms with E-state index in [1.807, 2.05) is 43.9 Å². The van der Waals surface area contributed by atoms with E-state index in [4.69, 9.17) is 5.11 Å². The number of rotatable bonds is 5. The van der Waals surface area contributed by atoms with Crippen molar-refractivity contribution in [3.05, 3.63) is 23.5 Å². The van der Waals surface area contributed by atoms with E-state index in [0.717, 1.165) is 5.69 Å². The molecule has 0 aliphatic rings.